The van der Waals surface area contributed by atoms with Crippen LogP contribution < -0.4 is 5.56 Å². The summed E-state index contributed by atoms with van der Waals surface area (Å²) in [4.78, 5) is 13.3. The molecule has 26 heavy (non-hydrogen) atoms. The lowest BCUT2D eigenvalue weighted by Gasteiger charge is -2.11. The van der Waals surface area contributed by atoms with E-state index in [2.05, 4.69) is 48.0 Å². The van der Waals surface area contributed by atoms with Crippen LogP contribution in [-0.2, 0) is 6.54 Å². The minimum atomic E-state index is 0.0456. The Hall–Kier alpha value is -3.33. The van der Waals surface area contributed by atoms with Crippen LogP contribution in [0.15, 0.2) is 83.9 Å². The summed E-state index contributed by atoms with van der Waals surface area (Å²) in [5.41, 5.74) is 4.36. The number of nitrogens with zero attached hydrogens (tertiary/aromatic N) is 2. The van der Waals surface area contributed by atoms with Crippen molar-refractivity contribution in [1.29, 1.82) is 0 Å². The van der Waals surface area contributed by atoms with Crippen molar-refractivity contribution in [3.63, 3.8) is 0 Å². The molecule has 0 radical (unpaired) electrons. The maximum absolute atomic E-state index is 13.3. The Kier molecular flexibility index (Phi) is 3.22. The van der Waals surface area contributed by atoms with Crippen LogP contribution in [0.3, 0.4) is 0 Å². The van der Waals surface area contributed by atoms with Gasteiger partial charge in [0.15, 0.2) is 0 Å². The van der Waals surface area contributed by atoms with E-state index in [0.717, 1.165) is 39.3 Å². The van der Waals surface area contributed by atoms with Gasteiger partial charge in [0, 0.05) is 24.3 Å². The highest BCUT2D eigenvalue weighted by Crippen LogP contribution is 2.25. The van der Waals surface area contributed by atoms with Crippen LogP contribution in [0, 0.1) is 6.92 Å². The lowest BCUT2D eigenvalue weighted by molar-refractivity contribution is 0.796. The van der Waals surface area contributed by atoms with E-state index in [1.165, 1.54) is 5.56 Å². The quantitative estimate of drug-likeness (QED) is 0.456. The summed E-state index contributed by atoms with van der Waals surface area (Å²) in [6.07, 6.45) is 4.03. The first-order valence-corrected chi connectivity index (χ1v) is 8.79. The van der Waals surface area contributed by atoms with Crippen LogP contribution in [0.2, 0.25) is 0 Å². The SMILES string of the molecule is Cc1c2ccn(Cc3ccccc3)cc2c(=O)n2c1cc1ccccc12. The number of rotatable bonds is 2. The second kappa shape index (κ2) is 5.60. The number of hydrogen-bond donors (Lipinski definition) is 0. The van der Waals surface area contributed by atoms with E-state index in [-0.39, 0.29) is 5.56 Å². The van der Waals surface area contributed by atoms with Crippen molar-refractivity contribution >= 4 is 27.2 Å². The fourth-order valence-electron chi connectivity index (χ4n) is 3.84. The summed E-state index contributed by atoms with van der Waals surface area (Å²) in [6.45, 7) is 2.84. The monoisotopic (exact) mass is 338 g/mol. The van der Waals surface area contributed by atoms with Crippen molar-refractivity contribution in [2.75, 3.05) is 0 Å². The minimum absolute atomic E-state index is 0.0456. The summed E-state index contributed by atoms with van der Waals surface area (Å²) in [5.74, 6) is 0. The highest BCUT2D eigenvalue weighted by Gasteiger charge is 2.13. The van der Waals surface area contributed by atoms with Gasteiger partial charge in [-0.05, 0) is 41.6 Å². The average Bonchev–Trinajstić information content (AvgIpc) is 3.07. The number of hydrogen-bond acceptors (Lipinski definition) is 1. The first kappa shape index (κ1) is 15.0. The molecule has 3 aromatic heterocycles. The van der Waals surface area contributed by atoms with Crippen LogP contribution in [0.25, 0.3) is 27.2 Å². The Bertz CT molecular complexity index is 1330. The molecule has 0 unspecified atom stereocenters. The van der Waals surface area contributed by atoms with Gasteiger partial charge in [0.05, 0.1) is 16.4 Å². The van der Waals surface area contributed by atoms with E-state index in [1.54, 1.807) is 0 Å². The number of pyridine rings is 2. The molecule has 0 N–H and O–H groups in total. The van der Waals surface area contributed by atoms with Crippen molar-refractivity contribution < 1.29 is 0 Å². The van der Waals surface area contributed by atoms with E-state index >= 15 is 0 Å². The Morgan fingerprint density at radius 1 is 0.846 bits per heavy atom. The molecular formula is C23H18N2O. The van der Waals surface area contributed by atoms with Crippen molar-refractivity contribution in [2.24, 2.45) is 0 Å². The summed E-state index contributed by atoms with van der Waals surface area (Å²) in [7, 11) is 0. The minimum Gasteiger partial charge on any atom is -0.349 e. The fraction of sp³-hybridized carbons (Fsp3) is 0.0870. The molecule has 3 nitrogen and oxygen atoms in total. The molecule has 0 aliphatic heterocycles. The molecule has 3 heterocycles. The molecule has 0 amide bonds. The molecule has 0 bridgehead atoms. The molecule has 126 valence electrons. The summed E-state index contributed by atoms with van der Waals surface area (Å²) in [6, 6.07) is 22.5. The molecule has 3 heteroatoms. The molecule has 0 fully saturated rings. The van der Waals surface area contributed by atoms with Crippen LogP contribution in [-0.4, -0.2) is 8.97 Å². The van der Waals surface area contributed by atoms with Gasteiger partial charge >= 0.3 is 0 Å². The standard InChI is InChI=1S/C23H18N2O/c1-16-19-11-12-24(14-17-7-3-2-4-8-17)15-20(19)23(26)25-21-10-6-5-9-18(21)13-22(16)25/h2-13,15H,14H2,1H3. The predicted molar refractivity (Wildman–Crippen MR) is 107 cm³/mol. The van der Waals surface area contributed by atoms with Crippen LogP contribution in [0.1, 0.15) is 11.1 Å². The number of aryl methyl sites for hydroxylation is 1. The number of para-hydroxylation sites is 1. The molecule has 0 saturated carbocycles. The maximum atomic E-state index is 13.3. The van der Waals surface area contributed by atoms with Gasteiger partial charge in [0.1, 0.15) is 0 Å². The summed E-state index contributed by atoms with van der Waals surface area (Å²) < 4.78 is 3.93. The molecule has 5 rings (SSSR count). The lowest BCUT2D eigenvalue weighted by Crippen LogP contribution is -2.15. The van der Waals surface area contributed by atoms with Gasteiger partial charge in [-0.25, -0.2) is 0 Å². The number of fused-ring (bicyclic) bond motifs is 4. The average molecular weight is 338 g/mol. The van der Waals surface area contributed by atoms with Gasteiger partial charge in [-0.1, -0.05) is 48.5 Å². The van der Waals surface area contributed by atoms with E-state index in [4.69, 9.17) is 0 Å². The van der Waals surface area contributed by atoms with Gasteiger partial charge in [-0.15, -0.1) is 0 Å². The zero-order valence-corrected chi connectivity index (χ0v) is 14.5. The van der Waals surface area contributed by atoms with Crippen molar-refractivity contribution in [2.45, 2.75) is 13.5 Å². The van der Waals surface area contributed by atoms with Crippen LogP contribution in [0.4, 0.5) is 0 Å². The van der Waals surface area contributed by atoms with Crippen LogP contribution >= 0.6 is 0 Å². The van der Waals surface area contributed by atoms with Crippen molar-refractivity contribution in [3.05, 3.63) is 101 Å². The third kappa shape index (κ3) is 2.17. The maximum Gasteiger partial charge on any atom is 0.264 e. The topological polar surface area (TPSA) is 26.4 Å². The first-order valence-electron chi connectivity index (χ1n) is 8.79. The normalized spacial score (nSPS) is 11.6. The Balaban J connectivity index is 1.80. The Morgan fingerprint density at radius 3 is 2.46 bits per heavy atom. The summed E-state index contributed by atoms with van der Waals surface area (Å²) in [5, 5.41) is 2.88. The first-order chi connectivity index (χ1) is 12.7. The number of aromatic nitrogens is 2. The third-order valence-corrected chi connectivity index (χ3v) is 5.16. The Morgan fingerprint density at radius 2 is 1.62 bits per heavy atom. The van der Waals surface area contributed by atoms with E-state index < -0.39 is 0 Å². The van der Waals surface area contributed by atoms with Gasteiger partial charge in [-0.2, -0.15) is 0 Å². The zero-order valence-electron chi connectivity index (χ0n) is 14.5. The highest BCUT2D eigenvalue weighted by molar-refractivity contribution is 5.96. The molecular weight excluding hydrogens is 320 g/mol. The summed E-state index contributed by atoms with van der Waals surface area (Å²) >= 11 is 0. The van der Waals surface area contributed by atoms with E-state index in [1.807, 2.05) is 47.0 Å². The smallest absolute Gasteiger partial charge is 0.264 e. The highest BCUT2D eigenvalue weighted by atomic mass is 16.1. The Labute approximate surface area is 150 Å². The second-order valence-corrected chi connectivity index (χ2v) is 6.78. The van der Waals surface area contributed by atoms with Crippen LogP contribution in [0.5, 0.6) is 0 Å². The lowest BCUT2D eigenvalue weighted by atomic mass is 10.1. The largest absolute Gasteiger partial charge is 0.349 e. The van der Waals surface area contributed by atoms with Gasteiger partial charge in [-0.3, -0.25) is 9.20 Å². The molecule has 0 saturated heterocycles. The molecule has 5 aromatic rings. The van der Waals surface area contributed by atoms with E-state index in [9.17, 15) is 4.79 Å². The zero-order chi connectivity index (χ0) is 17.7. The fourth-order valence-corrected chi connectivity index (χ4v) is 3.84. The molecule has 0 spiro atoms. The number of benzene rings is 2. The van der Waals surface area contributed by atoms with Gasteiger partial charge in [0.25, 0.3) is 5.56 Å². The van der Waals surface area contributed by atoms with E-state index in [0.29, 0.717) is 0 Å². The van der Waals surface area contributed by atoms with Gasteiger partial charge < -0.3 is 4.57 Å². The van der Waals surface area contributed by atoms with Crippen molar-refractivity contribution in [3.8, 4) is 0 Å². The predicted octanol–water partition coefficient (Wildman–Crippen LogP) is 4.76. The van der Waals surface area contributed by atoms with Crippen molar-refractivity contribution in [1.82, 2.24) is 8.97 Å². The third-order valence-electron chi connectivity index (χ3n) is 5.16. The molecule has 0 aliphatic rings. The van der Waals surface area contributed by atoms with Gasteiger partial charge in [0.2, 0.25) is 0 Å². The molecule has 0 aliphatic carbocycles. The molecule has 2 aromatic carbocycles. The second-order valence-electron chi connectivity index (χ2n) is 6.78. The molecule has 0 atom stereocenters.